The van der Waals surface area contributed by atoms with Crippen LogP contribution in [0.3, 0.4) is 0 Å². The quantitative estimate of drug-likeness (QED) is 0.206. The Bertz CT molecular complexity index is 606. The molecular weight excluding hydrogens is 371 g/mol. The molecule has 0 aliphatic heterocycles. The molecule has 0 amide bonds. The number of aliphatic imine (C=N–C) groups is 2. The van der Waals surface area contributed by atoms with Gasteiger partial charge in [0.15, 0.2) is 0 Å². The monoisotopic (exact) mass is 393 g/mol. The molecule has 1 aromatic rings. The summed E-state index contributed by atoms with van der Waals surface area (Å²) in [6.45, 7) is 4.30. The van der Waals surface area contributed by atoms with Crippen LogP contribution in [-0.2, 0) is 4.84 Å². The molecule has 26 heavy (non-hydrogen) atoms. The Morgan fingerprint density at radius 3 is 2.42 bits per heavy atom. The van der Waals surface area contributed by atoms with Crippen molar-refractivity contribution < 1.29 is 22.7 Å². The maximum absolute atomic E-state index is 12.2. The van der Waals surface area contributed by atoms with Gasteiger partial charge in [0.05, 0.1) is 13.2 Å². The van der Waals surface area contributed by atoms with Crippen molar-refractivity contribution in [3.63, 3.8) is 0 Å². The number of benzene rings is 1. The molecule has 0 spiro atoms. The van der Waals surface area contributed by atoms with Crippen LogP contribution < -0.4 is 21.7 Å². The van der Waals surface area contributed by atoms with E-state index in [0.29, 0.717) is 18.8 Å². The number of nitrogens with zero attached hydrogens (tertiary/aromatic N) is 2. The highest BCUT2D eigenvalue weighted by molar-refractivity contribution is 8.00. The van der Waals surface area contributed by atoms with Crippen LogP contribution in [0.4, 0.5) is 13.2 Å². The van der Waals surface area contributed by atoms with Gasteiger partial charge in [-0.3, -0.25) is 4.84 Å². The highest BCUT2D eigenvalue weighted by atomic mass is 32.2. The molecule has 0 aliphatic rings. The van der Waals surface area contributed by atoms with Crippen molar-refractivity contribution in [3.8, 4) is 5.75 Å². The second-order valence-electron chi connectivity index (χ2n) is 5.25. The van der Waals surface area contributed by atoms with Gasteiger partial charge in [-0.1, -0.05) is 0 Å². The highest BCUT2D eigenvalue weighted by Crippen LogP contribution is 2.37. The molecule has 0 fully saturated rings. The molecular formula is C15H22F3N5O2S. The van der Waals surface area contributed by atoms with Gasteiger partial charge < -0.3 is 16.2 Å². The van der Waals surface area contributed by atoms with Crippen molar-refractivity contribution >= 4 is 23.7 Å². The van der Waals surface area contributed by atoms with E-state index in [1.807, 2.05) is 13.8 Å². The minimum absolute atomic E-state index is 0.00531. The van der Waals surface area contributed by atoms with E-state index in [2.05, 4.69) is 15.5 Å². The number of ether oxygens (including phenoxy) is 1. The molecule has 0 aromatic heterocycles. The molecule has 1 rings (SSSR count). The number of hydrogen-bond acceptors (Lipinski definition) is 4. The van der Waals surface area contributed by atoms with E-state index >= 15 is 0 Å². The van der Waals surface area contributed by atoms with Crippen LogP contribution in [0.25, 0.3) is 0 Å². The molecule has 5 N–H and O–H groups in total. The zero-order valence-electron chi connectivity index (χ0n) is 14.4. The molecule has 0 saturated carbocycles. The fourth-order valence-electron chi connectivity index (χ4n) is 1.62. The van der Waals surface area contributed by atoms with Crippen molar-refractivity contribution in [1.82, 2.24) is 5.48 Å². The fraction of sp³-hybridized carbons (Fsp3) is 0.467. The predicted molar refractivity (Wildman–Crippen MR) is 95.9 cm³/mol. The van der Waals surface area contributed by atoms with E-state index in [0.717, 1.165) is 0 Å². The van der Waals surface area contributed by atoms with Gasteiger partial charge in [0.25, 0.3) is 0 Å². The lowest BCUT2D eigenvalue weighted by Crippen LogP contribution is -2.34. The molecule has 0 unspecified atom stereocenters. The number of nitrogens with two attached hydrogens (primary N) is 2. The third-order valence-corrected chi connectivity index (χ3v) is 3.26. The lowest BCUT2D eigenvalue weighted by atomic mass is 10.3. The van der Waals surface area contributed by atoms with E-state index in [9.17, 15) is 13.2 Å². The molecule has 0 atom stereocenters. The first-order valence-corrected chi connectivity index (χ1v) is 8.51. The van der Waals surface area contributed by atoms with Gasteiger partial charge in [-0.15, -0.1) is 0 Å². The van der Waals surface area contributed by atoms with Gasteiger partial charge in [0, 0.05) is 17.4 Å². The number of nitrogens with one attached hydrogen (secondary N) is 1. The van der Waals surface area contributed by atoms with Crippen LogP contribution in [0.1, 0.15) is 20.3 Å². The summed E-state index contributed by atoms with van der Waals surface area (Å²) < 4.78 is 42.1. The number of halogens is 3. The standard InChI is InChI=1S/C15H22F3N5O2S/c1-10(2)21-13(19)22-14(20)23-25-9-3-8-24-11-4-6-12(7-5-11)26-15(16,17)18/h4-7,10H,3,8-9H2,1-2H3,(H5,19,20,21,22,23). The van der Waals surface area contributed by atoms with E-state index in [-0.39, 0.29) is 41.2 Å². The summed E-state index contributed by atoms with van der Waals surface area (Å²) in [6, 6.07) is 5.67. The summed E-state index contributed by atoms with van der Waals surface area (Å²) >= 11 is -0.170. The average molecular weight is 393 g/mol. The summed E-state index contributed by atoms with van der Waals surface area (Å²) in [5, 5.41) is 0. The topological polar surface area (TPSA) is 107 Å². The maximum Gasteiger partial charge on any atom is 0.446 e. The number of hydroxylamine groups is 1. The van der Waals surface area contributed by atoms with Crippen LogP contribution in [0, 0.1) is 0 Å². The number of thioether (sulfide) groups is 1. The Morgan fingerprint density at radius 1 is 1.19 bits per heavy atom. The van der Waals surface area contributed by atoms with Gasteiger partial charge in [-0.2, -0.15) is 18.2 Å². The summed E-state index contributed by atoms with van der Waals surface area (Å²) in [5.41, 5.74) is 9.21. The number of hydrogen-bond donors (Lipinski definition) is 3. The second-order valence-corrected chi connectivity index (χ2v) is 6.39. The van der Waals surface area contributed by atoms with Crippen molar-refractivity contribution in [3.05, 3.63) is 24.3 Å². The Hall–Kier alpha value is -2.14. The molecule has 0 radical (unpaired) electrons. The number of guanidine groups is 2. The average Bonchev–Trinajstić information content (AvgIpc) is 2.49. The Labute approximate surface area is 154 Å². The zero-order valence-corrected chi connectivity index (χ0v) is 15.2. The molecule has 1 aromatic carbocycles. The summed E-state index contributed by atoms with van der Waals surface area (Å²) in [5.74, 6) is 0.498. The molecule has 0 aliphatic carbocycles. The fourth-order valence-corrected chi connectivity index (χ4v) is 2.16. The lowest BCUT2D eigenvalue weighted by Gasteiger charge is -2.09. The van der Waals surface area contributed by atoms with E-state index in [4.69, 9.17) is 21.0 Å². The first-order chi connectivity index (χ1) is 12.2. The van der Waals surface area contributed by atoms with Crippen molar-refractivity contribution in [2.45, 2.75) is 36.7 Å². The molecule has 146 valence electrons. The Kier molecular flexibility index (Phi) is 9.07. The Morgan fingerprint density at radius 2 is 1.85 bits per heavy atom. The number of rotatable bonds is 8. The predicted octanol–water partition coefficient (Wildman–Crippen LogP) is 2.63. The number of alkyl halides is 3. The summed E-state index contributed by atoms with van der Waals surface area (Å²) in [6.07, 6.45) is 0.523. The van der Waals surface area contributed by atoms with Crippen LogP contribution >= 0.6 is 11.8 Å². The van der Waals surface area contributed by atoms with Gasteiger partial charge in [-0.25, -0.2) is 10.5 Å². The zero-order chi connectivity index (χ0) is 19.6. The summed E-state index contributed by atoms with van der Waals surface area (Å²) in [7, 11) is 0. The third-order valence-electron chi connectivity index (χ3n) is 2.52. The first-order valence-electron chi connectivity index (χ1n) is 7.69. The molecule has 11 heteroatoms. The van der Waals surface area contributed by atoms with E-state index in [1.165, 1.54) is 24.3 Å². The maximum atomic E-state index is 12.2. The van der Waals surface area contributed by atoms with Gasteiger partial charge in [0.1, 0.15) is 5.75 Å². The first kappa shape index (κ1) is 21.9. The minimum Gasteiger partial charge on any atom is -0.494 e. The third kappa shape index (κ3) is 10.7. The largest absolute Gasteiger partial charge is 0.494 e. The van der Waals surface area contributed by atoms with Crippen molar-refractivity contribution in [2.24, 2.45) is 21.5 Å². The van der Waals surface area contributed by atoms with Crippen LogP contribution in [-0.4, -0.2) is 36.7 Å². The van der Waals surface area contributed by atoms with Gasteiger partial charge in [-0.05, 0) is 49.9 Å². The summed E-state index contributed by atoms with van der Waals surface area (Å²) in [4.78, 5) is 13.0. The smallest absolute Gasteiger partial charge is 0.446 e. The normalized spacial score (nSPS) is 13.2. The second kappa shape index (κ2) is 10.8. The SMILES string of the molecule is CC(C)N=C(N)/N=C(\N)NOCCCOc1ccc(SC(F)(F)F)cc1. The Balaban J connectivity index is 2.22. The molecule has 0 heterocycles. The van der Waals surface area contributed by atoms with E-state index in [1.54, 1.807) is 0 Å². The molecule has 0 saturated heterocycles. The van der Waals surface area contributed by atoms with Crippen LogP contribution in [0.5, 0.6) is 5.75 Å². The van der Waals surface area contributed by atoms with Gasteiger partial charge in [0.2, 0.25) is 11.9 Å². The van der Waals surface area contributed by atoms with Crippen molar-refractivity contribution in [2.75, 3.05) is 13.2 Å². The van der Waals surface area contributed by atoms with Gasteiger partial charge >= 0.3 is 5.51 Å². The van der Waals surface area contributed by atoms with E-state index < -0.39 is 5.51 Å². The van der Waals surface area contributed by atoms with Crippen LogP contribution in [0.15, 0.2) is 39.1 Å². The minimum atomic E-state index is -4.30. The van der Waals surface area contributed by atoms with Crippen LogP contribution in [0.2, 0.25) is 0 Å². The lowest BCUT2D eigenvalue weighted by molar-refractivity contribution is -0.0328. The molecule has 7 nitrogen and oxygen atoms in total. The molecule has 0 bridgehead atoms. The highest BCUT2D eigenvalue weighted by Gasteiger charge is 2.28. The van der Waals surface area contributed by atoms with Crippen molar-refractivity contribution in [1.29, 1.82) is 0 Å².